The minimum atomic E-state index is -1.01. The number of hydrogen-bond donors (Lipinski definition) is 7. The number of aliphatic hydroxyl groups excluding tert-OH is 2. The van der Waals surface area contributed by atoms with Gasteiger partial charge in [0.05, 0.1) is 19.3 Å². The van der Waals surface area contributed by atoms with E-state index in [-0.39, 0.29) is 50.6 Å². The molecule has 0 radical (unpaired) electrons. The Morgan fingerprint density at radius 3 is 1.47 bits per heavy atom. The number of aliphatic hydroxyl groups is 2. The van der Waals surface area contributed by atoms with E-state index >= 15 is 0 Å². The summed E-state index contributed by atoms with van der Waals surface area (Å²) in [5.41, 5.74) is 17.7. The summed E-state index contributed by atoms with van der Waals surface area (Å²) in [5, 5.41) is 35.8. The van der Waals surface area contributed by atoms with Gasteiger partial charge in [-0.2, -0.15) is 16.6 Å². The average molecular weight is 648 g/mol. The van der Waals surface area contributed by atoms with Gasteiger partial charge in [-0.3, -0.25) is 19.4 Å². The van der Waals surface area contributed by atoms with Crippen molar-refractivity contribution in [2.24, 2.45) is 32.3 Å². The van der Waals surface area contributed by atoms with E-state index in [1.807, 2.05) is 48.5 Å². The van der Waals surface area contributed by atoms with Crippen molar-refractivity contribution in [3.05, 3.63) is 71.8 Å². The van der Waals surface area contributed by atoms with Crippen molar-refractivity contribution in [2.45, 2.75) is 52.0 Å². The molecule has 16 nitrogen and oxygen atoms in total. The molecule has 0 bridgehead atoms. The Labute approximate surface area is 301 Å². The number of methoxy groups -OCH3 is 1. The average Bonchev–Trinajstić information content (AvgIpc) is 3.65. The van der Waals surface area contributed by atoms with Gasteiger partial charge >= 0.3 is 49.7 Å². The molecular formula is C29H47Li2N9O7. The Morgan fingerprint density at radius 1 is 0.851 bits per heavy atom. The number of nitrogens with zero attached hydrogens (tertiary/aromatic N) is 5. The summed E-state index contributed by atoms with van der Waals surface area (Å²) in [4.78, 5) is 27.6. The number of esters is 1. The molecule has 47 heavy (non-hydrogen) atoms. The minimum Gasteiger partial charge on any atom is -1.00 e. The molecule has 4 rings (SSSR count). The zero-order valence-electron chi connectivity index (χ0n) is 28.9. The second-order valence-electron chi connectivity index (χ2n) is 10.7. The number of likely N-dealkylation sites (tertiary alicyclic amines) is 2. The fourth-order valence-corrected chi connectivity index (χ4v) is 5.36. The maximum absolute atomic E-state index is 12.0. The Kier molecular flexibility index (Phi) is 25.8. The number of nitrogens with one attached hydrogen (secondary N) is 3. The first-order chi connectivity index (χ1) is 21.0. The predicted octanol–water partition coefficient (Wildman–Crippen LogP) is -2.43. The van der Waals surface area contributed by atoms with Crippen molar-refractivity contribution in [2.75, 3.05) is 33.3 Å². The topological polar surface area (TPSA) is 275 Å². The van der Waals surface area contributed by atoms with Gasteiger partial charge in [-0.15, -0.1) is 0 Å². The molecule has 0 aromatic heterocycles. The zero-order chi connectivity index (χ0) is 33.2. The smallest absolute Gasteiger partial charge is 1.00 e. The molecule has 0 aliphatic carbocycles. The minimum absolute atomic E-state index is 0. The van der Waals surface area contributed by atoms with Crippen LogP contribution in [0.5, 0.6) is 0 Å². The number of rotatable bonds is 9. The third kappa shape index (κ3) is 14.7. The standard InChI is InChI=1S/C15H21NO3.C14H19NO3.2Li.H2N4.H3N3.H2O.H/c1-12(17)15(14(18)19-2)8-9-16(11-15)10-13-6-4-3-5-7-13;1-11(16)14(13(17)18)7-8-15(10-14)9-12-5-3-2-4-6-12;;;1-3-4-2;1-3-2;;/h3-7,12,17H,8-11H2,1-2H3;2-6,11,16H,7-10H2,1H3,(H,17,18);;;1-2H;(H3,1,2);1H2;/q;;2*+1;;;;-1/p-1. The second-order valence-corrected chi connectivity index (χ2v) is 10.7. The first-order valence-corrected chi connectivity index (χ1v) is 14.0. The fourth-order valence-electron chi connectivity index (χ4n) is 5.36. The SMILES string of the molecule is CC(O)C1(C(=O)O)CCN(Cc2ccccc2)C1.COC(=O)C1(C(C)O)CCN(Cc2ccccc2)C1.N=NN.N=NN=N.[H-].[Li+].[Li+].[OH-]. The van der Waals surface area contributed by atoms with Crippen molar-refractivity contribution in [1.82, 2.24) is 9.80 Å². The Morgan fingerprint density at radius 2 is 1.19 bits per heavy atom. The molecule has 0 spiro atoms. The molecular weight excluding hydrogens is 600 g/mol. The maximum atomic E-state index is 12.0. The van der Waals surface area contributed by atoms with Gasteiger partial charge < -0.3 is 32.8 Å². The monoisotopic (exact) mass is 647 g/mol. The van der Waals surface area contributed by atoms with Crippen molar-refractivity contribution in [3.8, 4) is 0 Å². The molecule has 2 aliphatic rings. The molecule has 9 N–H and O–H groups in total. The van der Waals surface area contributed by atoms with Gasteiger partial charge in [0.25, 0.3) is 0 Å². The van der Waals surface area contributed by atoms with Crippen LogP contribution in [0.2, 0.25) is 0 Å². The van der Waals surface area contributed by atoms with Crippen LogP contribution in [-0.4, -0.2) is 88.0 Å². The molecule has 4 atom stereocenters. The number of nitrogens with two attached hydrogens (primary N) is 1. The Hall–Kier alpha value is -3.03. The summed E-state index contributed by atoms with van der Waals surface area (Å²) < 4.78 is 4.87. The predicted molar refractivity (Wildman–Crippen MR) is 163 cm³/mol. The molecule has 2 aliphatic heterocycles. The second kappa shape index (κ2) is 25.1. The van der Waals surface area contributed by atoms with Crippen LogP contribution in [0.4, 0.5) is 0 Å². The number of carboxylic acid groups (broad SMARTS) is 1. The van der Waals surface area contributed by atoms with Crippen LogP contribution in [0.1, 0.15) is 39.2 Å². The third-order valence-corrected chi connectivity index (χ3v) is 7.93. The van der Waals surface area contributed by atoms with Crippen LogP contribution in [0, 0.1) is 27.4 Å². The number of carbonyl (C=O) groups is 2. The van der Waals surface area contributed by atoms with Gasteiger partial charge in [0.1, 0.15) is 10.8 Å². The van der Waals surface area contributed by atoms with Crippen molar-refractivity contribution < 1.29 is 74.3 Å². The summed E-state index contributed by atoms with van der Waals surface area (Å²) in [7, 11) is 1.38. The fraction of sp³-hybridized carbons (Fsp3) is 0.517. The van der Waals surface area contributed by atoms with Crippen LogP contribution in [0.25, 0.3) is 0 Å². The molecule has 252 valence electrons. The summed E-state index contributed by atoms with van der Waals surface area (Å²) in [6.07, 6.45) is -0.367. The first kappa shape index (κ1) is 48.4. The molecule has 0 amide bonds. The van der Waals surface area contributed by atoms with E-state index in [2.05, 4.69) is 43.4 Å². The van der Waals surface area contributed by atoms with Crippen molar-refractivity contribution in [3.63, 3.8) is 0 Å². The number of carbonyl (C=O) groups excluding carboxylic acids is 1. The van der Waals surface area contributed by atoms with E-state index < -0.39 is 29.0 Å². The molecule has 2 aromatic carbocycles. The van der Waals surface area contributed by atoms with E-state index in [0.29, 0.717) is 32.5 Å². The quantitative estimate of drug-likeness (QED) is 0.0497. The molecule has 2 saturated heterocycles. The summed E-state index contributed by atoms with van der Waals surface area (Å²) in [6.45, 7) is 7.25. The molecule has 0 saturated carbocycles. The maximum Gasteiger partial charge on any atom is 1.00 e. The molecule has 18 heteroatoms. The van der Waals surface area contributed by atoms with E-state index in [1.54, 1.807) is 13.8 Å². The van der Waals surface area contributed by atoms with E-state index in [9.17, 15) is 24.9 Å². The number of carboxylic acids is 1. The Balaban J connectivity index is -0.000000316. The van der Waals surface area contributed by atoms with Crippen LogP contribution in [0.3, 0.4) is 0 Å². The van der Waals surface area contributed by atoms with E-state index in [1.165, 1.54) is 18.2 Å². The van der Waals surface area contributed by atoms with Crippen LogP contribution in [0.15, 0.2) is 76.3 Å². The van der Waals surface area contributed by atoms with E-state index in [4.69, 9.17) is 21.3 Å². The van der Waals surface area contributed by atoms with Crippen molar-refractivity contribution >= 4 is 11.9 Å². The number of benzene rings is 2. The molecule has 2 fully saturated rings. The number of ether oxygens (including phenoxy) is 1. The van der Waals surface area contributed by atoms with E-state index in [0.717, 1.165) is 19.6 Å². The number of hydrogen-bond acceptors (Lipinski definition) is 12. The first-order valence-electron chi connectivity index (χ1n) is 14.0. The zero-order valence-corrected chi connectivity index (χ0v) is 27.9. The van der Waals surface area contributed by atoms with Gasteiger partial charge in [-0.25, -0.2) is 0 Å². The van der Waals surface area contributed by atoms with Gasteiger partial charge in [0, 0.05) is 26.2 Å². The van der Waals surface area contributed by atoms with Crippen molar-refractivity contribution in [1.29, 1.82) is 16.6 Å². The molecule has 4 unspecified atom stereocenters. The summed E-state index contributed by atoms with van der Waals surface area (Å²) in [6, 6.07) is 20.1. The van der Waals surface area contributed by atoms with Gasteiger partial charge in [-0.1, -0.05) is 65.9 Å². The largest absolute Gasteiger partial charge is 1.00 e. The summed E-state index contributed by atoms with van der Waals surface area (Å²) in [5.74, 6) is 2.94. The Bertz CT molecular complexity index is 1190. The van der Waals surface area contributed by atoms with Gasteiger partial charge in [0.15, 0.2) is 0 Å². The van der Waals surface area contributed by atoms with Gasteiger partial charge in [0.2, 0.25) is 0 Å². The molecule has 2 heterocycles. The van der Waals surface area contributed by atoms with Crippen LogP contribution >= 0.6 is 0 Å². The summed E-state index contributed by atoms with van der Waals surface area (Å²) >= 11 is 0. The van der Waals surface area contributed by atoms with Gasteiger partial charge in [-0.05, 0) is 61.4 Å². The van der Waals surface area contributed by atoms with Crippen LogP contribution < -0.4 is 43.6 Å². The normalized spacial score (nSPS) is 20.9. The third-order valence-electron chi connectivity index (χ3n) is 7.93. The van der Waals surface area contributed by atoms with Crippen LogP contribution in [-0.2, 0) is 27.4 Å². The number of aliphatic carboxylic acids is 1. The molecule has 2 aromatic rings.